The first-order valence-electron chi connectivity index (χ1n) is 6.28. The number of amides is 2. The Morgan fingerprint density at radius 2 is 1.58 bits per heavy atom. The summed E-state index contributed by atoms with van der Waals surface area (Å²) in [5.74, 6) is -1.99. The lowest BCUT2D eigenvalue weighted by Gasteiger charge is -2.13. The van der Waals surface area contributed by atoms with Crippen LogP contribution in [0.15, 0.2) is 36.5 Å². The van der Waals surface area contributed by atoms with Gasteiger partial charge >= 0.3 is 6.18 Å². The number of carbonyl (C=O) groups excluding carboxylic acids is 2. The molecule has 126 valence electrons. The zero-order valence-corrected chi connectivity index (χ0v) is 13.1. The van der Waals surface area contributed by atoms with Crippen LogP contribution in [-0.2, 0) is 6.18 Å². The van der Waals surface area contributed by atoms with Gasteiger partial charge in [0.2, 0.25) is 0 Å². The molecule has 10 heteroatoms. The van der Waals surface area contributed by atoms with E-state index in [2.05, 4.69) is 4.98 Å². The van der Waals surface area contributed by atoms with Crippen molar-refractivity contribution in [1.29, 1.82) is 0 Å². The number of rotatable bonds is 2. The van der Waals surface area contributed by atoms with Gasteiger partial charge in [-0.1, -0.05) is 35.3 Å². The van der Waals surface area contributed by atoms with Crippen LogP contribution in [0.4, 0.5) is 13.2 Å². The highest BCUT2D eigenvalue weighted by atomic mass is 35.5. The van der Waals surface area contributed by atoms with Crippen LogP contribution in [0.5, 0.6) is 0 Å². The van der Waals surface area contributed by atoms with Gasteiger partial charge in [-0.15, -0.1) is 0 Å². The first kappa shape index (κ1) is 18.0. The average Bonchev–Trinajstić information content (AvgIpc) is 2.51. The highest BCUT2D eigenvalue weighted by Crippen LogP contribution is 2.32. The summed E-state index contributed by atoms with van der Waals surface area (Å²) in [5, 5.41) is -0.299. The smallest absolute Gasteiger partial charge is 0.267 e. The van der Waals surface area contributed by atoms with Crippen LogP contribution < -0.4 is 10.9 Å². The van der Waals surface area contributed by atoms with Crippen LogP contribution in [0.25, 0.3) is 0 Å². The summed E-state index contributed by atoms with van der Waals surface area (Å²) in [6.45, 7) is 0. The van der Waals surface area contributed by atoms with Crippen LogP contribution >= 0.6 is 23.2 Å². The van der Waals surface area contributed by atoms with E-state index in [1.54, 1.807) is 6.07 Å². The fourth-order valence-corrected chi connectivity index (χ4v) is 2.12. The fraction of sp³-hybridized carbons (Fsp3) is 0.0714. The molecule has 0 radical (unpaired) electrons. The maximum atomic E-state index is 12.9. The highest BCUT2D eigenvalue weighted by molar-refractivity contribution is 6.33. The van der Waals surface area contributed by atoms with Crippen molar-refractivity contribution >= 4 is 35.0 Å². The Balaban J connectivity index is 2.17. The van der Waals surface area contributed by atoms with E-state index in [9.17, 15) is 22.8 Å². The molecule has 0 fully saturated rings. The van der Waals surface area contributed by atoms with E-state index < -0.39 is 34.3 Å². The molecule has 0 unspecified atom stereocenters. The van der Waals surface area contributed by atoms with Crippen LogP contribution in [0.3, 0.4) is 0 Å². The van der Waals surface area contributed by atoms with Gasteiger partial charge in [0.25, 0.3) is 11.8 Å². The summed E-state index contributed by atoms with van der Waals surface area (Å²) < 4.78 is 38.8. The number of nitrogens with one attached hydrogen (secondary N) is 2. The molecular formula is C14H8Cl2F3N3O2. The van der Waals surface area contributed by atoms with Crippen molar-refractivity contribution in [3.8, 4) is 0 Å². The minimum atomic E-state index is -4.81. The lowest BCUT2D eigenvalue weighted by molar-refractivity contribution is -0.138. The minimum absolute atomic E-state index is 0.0461. The number of carbonyl (C=O) groups is 2. The predicted octanol–water partition coefficient (Wildman–Crippen LogP) is 3.48. The van der Waals surface area contributed by atoms with Gasteiger partial charge in [-0.25, -0.2) is 4.98 Å². The SMILES string of the molecule is O=C(NNC(=O)c1cnc(Cl)cc1C(F)(F)F)c1ccccc1Cl. The van der Waals surface area contributed by atoms with E-state index in [-0.39, 0.29) is 10.6 Å². The average molecular weight is 378 g/mol. The highest BCUT2D eigenvalue weighted by Gasteiger charge is 2.36. The largest absolute Gasteiger partial charge is 0.417 e. The first-order chi connectivity index (χ1) is 11.2. The summed E-state index contributed by atoms with van der Waals surface area (Å²) in [6.07, 6.45) is -4.14. The van der Waals surface area contributed by atoms with E-state index in [1.807, 2.05) is 10.9 Å². The Bertz CT molecular complexity index is 797. The molecule has 1 aromatic heterocycles. The van der Waals surface area contributed by atoms with E-state index in [0.717, 1.165) is 0 Å². The van der Waals surface area contributed by atoms with Gasteiger partial charge < -0.3 is 0 Å². The number of hydrogen-bond donors (Lipinski definition) is 2. The summed E-state index contributed by atoms with van der Waals surface area (Å²) >= 11 is 11.2. The molecule has 0 atom stereocenters. The van der Waals surface area contributed by atoms with Crippen LogP contribution in [-0.4, -0.2) is 16.8 Å². The Morgan fingerprint density at radius 1 is 1.00 bits per heavy atom. The van der Waals surface area contributed by atoms with Gasteiger partial charge in [-0.2, -0.15) is 13.2 Å². The third kappa shape index (κ3) is 4.15. The molecule has 0 saturated heterocycles. The monoisotopic (exact) mass is 377 g/mol. The third-order valence-electron chi connectivity index (χ3n) is 2.83. The quantitative estimate of drug-likeness (QED) is 0.621. The number of hydrogen-bond acceptors (Lipinski definition) is 3. The third-order valence-corrected chi connectivity index (χ3v) is 3.36. The second-order valence-electron chi connectivity index (χ2n) is 4.44. The molecule has 2 amide bonds. The maximum Gasteiger partial charge on any atom is 0.417 e. The molecule has 5 nitrogen and oxygen atoms in total. The van der Waals surface area contributed by atoms with Gasteiger partial charge in [0.15, 0.2) is 0 Å². The summed E-state index contributed by atoms with van der Waals surface area (Å²) in [6, 6.07) is 6.48. The number of halogens is 5. The molecule has 0 aliphatic heterocycles. The van der Waals surface area contributed by atoms with E-state index >= 15 is 0 Å². The molecule has 0 bridgehead atoms. The second-order valence-corrected chi connectivity index (χ2v) is 5.23. The number of aromatic nitrogens is 1. The van der Waals surface area contributed by atoms with Gasteiger partial charge in [0.1, 0.15) is 5.15 Å². The molecule has 2 N–H and O–H groups in total. The molecule has 2 aromatic rings. The van der Waals surface area contributed by atoms with Crippen molar-refractivity contribution in [3.63, 3.8) is 0 Å². The lowest BCUT2D eigenvalue weighted by atomic mass is 10.1. The topological polar surface area (TPSA) is 71.1 Å². The Hall–Kier alpha value is -2.32. The predicted molar refractivity (Wildman–Crippen MR) is 80.6 cm³/mol. The van der Waals surface area contributed by atoms with Crippen LogP contribution in [0, 0.1) is 0 Å². The fourth-order valence-electron chi connectivity index (χ4n) is 1.74. The molecule has 0 spiro atoms. The van der Waals surface area contributed by atoms with Gasteiger partial charge in [0.05, 0.1) is 21.7 Å². The molecule has 2 rings (SSSR count). The van der Waals surface area contributed by atoms with E-state index in [1.165, 1.54) is 18.2 Å². The number of hydrazine groups is 1. The Kier molecular flexibility index (Phi) is 5.30. The van der Waals surface area contributed by atoms with E-state index in [0.29, 0.717) is 12.3 Å². The van der Waals surface area contributed by atoms with Crippen molar-refractivity contribution in [3.05, 3.63) is 63.4 Å². The summed E-state index contributed by atoms with van der Waals surface area (Å²) in [5.41, 5.74) is 1.85. The number of pyridine rings is 1. The maximum absolute atomic E-state index is 12.9. The normalized spacial score (nSPS) is 11.0. The molecule has 0 aliphatic carbocycles. The molecule has 1 heterocycles. The molecule has 0 aliphatic rings. The number of alkyl halides is 3. The summed E-state index contributed by atoms with van der Waals surface area (Å²) in [7, 11) is 0. The second kappa shape index (κ2) is 7.06. The molecule has 0 saturated carbocycles. The first-order valence-corrected chi connectivity index (χ1v) is 7.03. The summed E-state index contributed by atoms with van der Waals surface area (Å²) in [4.78, 5) is 27.2. The van der Waals surface area contributed by atoms with Gasteiger partial charge in [-0.3, -0.25) is 20.4 Å². The molecule has 1 aromatic carbocycles. The van der Waals surface area contributed by atoms with Crippen LogP contribution in [0.1, 0.15) is 26.3 Å². The van der Waals surface area contributed by atoms with Crippen LogP contribution in [0.2, 0.25) is 10.2 Å². The van der Waals surface area contributed by atoms with Crippen molar-refractivity contribution < 1.29 is 22.8 Å². The number of benzene rings is 1. The standard InChI is InChI=1S/C14H8Cl2F3N3O2/c15-10-4-2-1-3-7(10)12(23)21-22-13(24)8-6-20-11(16)5-9(8)14(17,18)19/h1-6H,(H,21,23)(H,22,24). The minimum Gasteiger partial charge on any atom is -0.267 e. The Labute approximate surface area is 143 Å². The Morgan fingerprint density at radius 3 is 2.17 bits per heavy atom. The number of nitrogens with zero attached hydrogens (tertiary/aromatic N) is 1. The van der Waals surface area contributed by atoms with Gasteiger partial charge in [0, 0.05) is 6.20 Å². The lowest BCUT2D eigenvalue weighted by Crippen LogP contribution is -2.42. The van der Waals surface area contributed by atoms with Crippen molar-refractivity contribution in [1.82, 2.24) is 15.8 Å². The van der Waals surface area contributed by atoms with Gasteiger partial charge in [-0.05, 0) is 18.2 Å². The van der Waals surface area contributed by atoms with Crippen molar-refractivity contribution in [2.45, 2.75) is 6.18 Å². The molecular weight excluding hydrogens is 370 g/mol. The van der Waals surface area contributed by atoms with E-state index in [4.69, 9.17) is 23.2 Å². The zero-order chi connectivity index (χ0) is 17.9. The van der Waals surface area contributed by atoms with Crippen molar-refractivity contribution in [2.24, 2.45) is 0 Å². The van der Waals surface area contributed by atoms with Crippen molar-refractivity contribution in [2.75, 3.05) is 0 Å². The molecule has 24 heavy (non-hydrogen) atoms. The zero-order valence-electron chi connectivity index (χ0n) is 11.6.